The molecule has 1 aromatic rings. The summed E-state index contributed by atoms with van der Waals surface area (Å²) >= 11 is 0. The number of aliphatic hydroxyl groups is 1. The van der Waals surface area contributed by atoms with Gasteiger partial charge in [-0.05, 0) is 31.9 Å². The van der Waals surface area contributed by atoms with E-state index in [1.54, 1.807) is 13.1 Å². The normalized spacial score (nSPS) is 12.5. The molecule has 0 aliphatic carbocycles. The summed E-state index contributed by atoms with van der Waals surface area (Å²) in [6.45, 7) is 4.42. The molecule has 1 unspecified atom stereocenters. The number of aliphatic hydroxyl groups excluding tert-OH is 1. The Morgan fingerprint density at radius 1 is 1.64 bits per heavy atom. The van der Waals surface area contributed by atoms with Gasteiger partial charge in [0, 0.05) is 6.54 Å². The fraction of sp³-hybridized carbons (Fsp3) is 0.500. The van der Waals surface area contributed by atoms with Gasteiger partial charge in [0.25, 0.3) is 0 Å². The lowest BCUT2D eigenvalue weighted by Gasteiger charge is -2.08. The lowest BCUT2D eigenvalue weighted by Crippen LogP contribution is -2.10. The van der Waals surface area contributed by atoms with Crippen LogP contribution in [-0.2, 0) is 0 Å². The van der Waals surface area contributed by atoms with Gasteiger partial charge in [0.2, 0.25) is 0 Å². The van der Waals surface area contributed by atoms with Crippen molar-refractivity contribution in [3.8, 4) is 0 Å². The molecule has 14 heavy (non-hydrogen) atoms. The molecule has 1 rings (SSSR count). The average molecular weight is 195 g/mol. The van der Waals surface area contributed by atoms with E-state index in [1.807, 2.05) is 13.0 Å². The van der Waals surface area contributed by atoms with Crippen molar-refractivity contribution < 1.29 is 5.11 Å². The number of nitrogen functional groups attached to an aromatic ring is 1. The number of pyridine rings is 1. The zero-order chi connectivity index (χ0) is 10.6. The number of anilines is 2. The Morgan fingerprint density at radius 3 is 2.93 bits per heavy atom. The van der Waals surface area contributed by atoms with Crippen molar-refractivity contribution in [3.63, 3.8) is 0 Å². The second kappa shape index (κ2) is 4.81. The largest absolute Gasteiger partial charge is 0.397 e. The molecule has 4 heteroatoms. The lowest BCUT2D eigenvalue weighted by molar-refractivity contribution is 0.188. The van der Waals surface area contributed by atoms with Crippen LogP contribution in [0, 0.1) is 6.92 Å². The van der Waals surface area contributed by atoms with Crippen LogP contribution < -0.4 is 11.1 Å². The summed E-state index contributed by atoms with van der Waals surface area (Å²) in [6, 6.07) is 1.90. The maximum Gasteiger partial charge on any atom is 0.126 e. The van der Waals surface area contributed by atoms with E-state index in [4.69, 9.17) is 10.8 Å². The van der Waals surface area contributed by atoms with Gasteiger partial charge in [-0.15, -0.1) is 0 Å². The molecule has 1 heterocycles. The highest BCUT2D eigenvalue weighted by atomic mass is 16.3. The molecule has 0 aliphatic heterocycles. The van der Waals surface area contributed by atoms with Crippen molar-refractivity contribution in [1.82, 2.24) is 4.98 Å². The van der Waals surface area contributed by atoms with Gasteiger partial charge in [-0.1, -0.05) is 0 Å². The predicted octanol–water partition coefficient (Wildman–Crippen LogP) is 1.16. The third-order valence-corrected chi connectivity index (χ3v) is 2.02. The van der Waals surface area contributed by atoms with Crippen LogP contribution in [-0.4, -0.2) is 22.7 Å². The molecule has 0 aliphatic rings. The zero-order valence-corrected chi connectivity index (χ0v) is 8.62. The highest BCUT2D eigenvalue weighted by Gasteiger charge is 1.99. The molecule has 0 spiro atoms. The van der Waals surface area contributed by atoms with E-state index >= 15 is 0 Å². The first-order valence-electron chi connectivity index (χ1n) is 4.73. The van der Waals surface area contributed by atoms with Crippen molar-refractivity contribution in [2.45, 2.75) is 26.4 Å². The fourth-order valence-corrected chi connectivity index (χ4v) is 1.07. The molecular formula is C10H17N3O. The molecule has 0 aromatic carbocycles. The predicted molar refractivity (Wildman–Crippen MR) is 58.2 cm³/mol. The molecule has 0 amide bonds. The summed E-state index contributed by atoms with van der Waals surface area (Å²) in [7, 11) is 0. The van der Waals surface area contributed by atoms with Gasteiger partial charge in [0.15, 0.2) is 0 Å². The molecule has 0 radical (unpaired) electrons. The number of nitrogens with zero attached hydrogens (tertiary/aromatic N) is 1. The van der Waals surface area contributed by atoms with Gasteiger partial charge >= 0.3 is 0 Å². The topological polar surface area (TPSA) is 71.2 Å². The Kier molecular flexibility index (Phi) is 3.71. The minimum absolute atomic E-state index is 0.280. The van der Waals surface area contributed by atoms with Crippen LogP contribution in [0.3, 0.4) is 0 Å². The first kappa shape index (κ1) is 10.8. The van der Waals surface area contributed by atoms with Gasteiger partial charge in [0.1, 0.15) is 5.82 Å². The van der Waals surface area contributed by atoms with E-state index < -0.39 is 0 Å². The zero-order valence-electron chi connectivity index (χ0n) is 8.62. The van der Waals surface area contributed by atoms with Crippen LogP contribution in [0.1, 0.15) is 18.9 Å². The average Bonchev–Trinajstić information content (AvgIpc) is 2.10. The number of rotatable bonds is 4. The van der Waals surface area contributed by atoms with Crippen molar-refractivity contribution in [1.29, 1.82) is 0 Å². The Balaban J connectivity index is 2.47. The molecule has 1 atom stereocenters. The maximum atomic E-state index is 9.05. The standard InChI is InChI=1S/C10H17N3O/c1-7-5-10(13-6-9(7)11)12-4-3-8(2)14/h5-6,8,14H,3-4,11H2,1-2H3,(H,12,13). The van der Waals surface area contributed by atoms with Crippen molar-refractivity contribution in [3.05, 3.63) is 17.8 Å². The minimum Gasteiger partial charge on any atom is -0.397 e. The van der Waals surface area contributed by atoms with E-state index in [2.05, 4.69) is 10.3 Å². The van der Waals surface area contributed by atoms with Crippen LogP contribution in [0.5, 0.6) is 0 Å². The fourth-order valence-electron chi connectivity index (χ4n) is 1.07. The summed E-state index contributed by atoms with van der Waals surface area (Å²) in [5, 5.41) is 12.2. The molecular weight excluding hydrogens is 178 g/mol. The first-order chi connectivity index (χ1) is 6.59. The maximum absolute atomic E-state index is 9.05. The van der Waals surface area contributed by atoms with E-state index in [0.717, 1.165) is 11.4 Å². The molecule has 1 aromatic heterocycles. The second-order valence-electron chi connectivity index (χ2n) is 3.49. The summed E-state index contributed by atoms with van der Waals surface area (Å²) in [5.41, 5.74) is 7.35. The summed E-state index contributed by atoms with van der Waals surface area (Å²) in [5.74, 6) is 0.803. The number of hydrogen-bond acceptors (Lipinski definition) is 4. The van der Waals surface area contributed by atoms with E-state index in [1.165, 1.54) is 0 Å². The highest BCUT2D eigenvalue weighted by Crippen LogP contribution is 2.12. The number of hydrogen-bond donors (Lipinski definition) is 3. The number of aryl methyl sites for hydroxylation is 1. The van der Waals surface area contributed by atoms with E-state index in [0.29, 0.717) is 18.7 Å². The number of nitrogens with two attached hydrogens (primary N) is 1. The van der Waals surface area contributed by atoms with Crippen LogP contribution >= 0.6 is 0 Å². The summed E-state index contributed by atoms with van der Waals surface area (Å²) in [4.78, 5) is 4.12. The quantitative estimate of drug-likeness (QED) is 0.674. The van der Waals surface area contributed by atoms with Gasteiger partial charge in [-0.2, -0.15) is 0 Å². The molecule has 0 bridgehead atoms. The molecule has 0 saturated heterocycles. The SMILES string of the molecule is Cc1cc(NCCC(C)O)ncc1N. The summed E-state index contributed by atoms with van der Waals surface area (Å²) < 4.78 is 0. The Labute approximate surface area is 84.2 Å². The van der Waals surface area contributed by atoms with Crippen molar-refractivity contribution in [2.24, 2.45) is 0 Å². The third kappa shape index (κ3) is 3.22. The Bertz CT molecular complexity index is 299. The lowest BCUT2D eigenvalue weighted by atomic mass is 10.2. The van der Waals surface area contributed by atoms with Gasteiger partial charge < -0.3 is 16.2 Å². The van der Waals surface area contributed by atoms with Crippen molar-refractivity contribution >= 4 is 11.5 Å². The smallest absolute Gasteiger partial charge is 0.126 e. The van der Waals surface area contributed by atoms with Gasteiger partial charge in [0.05, 0.1) is 18.0 Å². The Hall–Kier alpha value is -1.29. The van der Waals surface area contributed by atoms with Crippen LogP contribution in [0.25, 0.3) is 0 Å². The molecule has 4 N–H and O–H groups in total. The highest BCUT2D eigenvalue weighted by molar-refractivity contribution is 5.50. The molecule has 0 saturated carbocycles. The van der Waals surface area contributed by atoms with E-state index in [9.17, 15) is 0 Å². The van der Waals surface area contributed by atoms with Crippen LogP contribution in [0.4, 0.5) is 11.5 Å². The molecule has 0 fully saturated rings. The minimum atomic E-state index is -0.280. The second-order valence-corrected chi connectivity index (χ2v) is 3.49. The third-order valence-electron chi connectivity index (χ3n) is 2.02. The van der Waals surface area contributed by atoms with Crippen molar-refractivity contribution in [2.75, 3.05) is 17.6 Å². The monoisotopic (exact) mass is 195 g/mol. The van der Waals surface area contributed by atoms with Gasteiger partial charge in [-0.25, -0.2) is 4.98 Å². The van der Waals surface area contributed by atoms with E-state index in [-0.39, 0.29) is 6.10 Å². The van der Waals surface area contributed by atoms with Gasteiger partial charge in [-0.3, -0.25) is 0 Å². The molecule has 4 nitrogen and oxygen atoms in total. The Morgan fingerprint density at radius 2 is 2.36 bits per heavy atom. The summed E-state index contributed by atoms with van der Waals surface area (Å²) in [6.07, 6.45) is 2.07. The number of aromatic nitrogens is 1. The number of nitrogens with one attached hydrogen (secondary N) is 1. The molecule has 78 valence electrons. The first-order valence-corrected chi connectivity index (χ1v) is 4.73. The van der Waals surface area contributed by atoms with Crippen LogP contribution in [0.15, 0.2) is 12.3 Å². The van der Waals surface area contributed by atoms with Crippen LogP contribution in [0.2, 0.25) is 0 Å².